The van der Waals surface area contributed by atoms with E-state index in [-0.39, 0.29) is 11.8 Å². The fraction of sp³-hybridized carbons (Fsp3) is 0.500. The maximum absolute atomic E-state index is 11.6. The Morgan fingerprint density at radius 2 is 2.11 bits per heavy atom. The van der Waals surface area contributed by atoms with E-state index in [9.17, 15) is 9.59 Å². The first-order valence-corrected chi connectivity index (χ1v) is 7.14. The summed E-state index contributed by atoms with van der Waals surface area (Å²) in [6.07, 6.45) is 0.303. The molecular weight excluding hydrogens is 268 g/mol. The zero-order valence-electron chi connectivity index (χ0n) is 10.5. The number of rotatable bonds is 6. The van der Waals surface area contributed by atoms with Crippen LogP contribution in [-0.4, -0.2) is 24.9 Å². The lowest BCUT2D eigenvalue weighted by Crippen LogP contribution is -2.32. The average Bonchev–Trinajstić information content (AvgIpc) is 2.73. The molecule has 0 atom stereocenters. The Balaban J connectivity index is 2.21. The van der Waals surface area contributed by atoms with E-state index in [4.69, 9.17) is 0 Å². The number of hydrogen-bond donors (Lipinski definition) is 3. The van der Waals surface area contributed by atoms with E-state index in [0.29, 0.717) is 30.3 Å². The third kappa shape index (κ3) is 5.55. The Bertz CT molecular complexity index is 416. The van der Waals surface area contributed by atoms with Crippen molar-refractivity contribution < 1.29 is 9.59 Å². The molecule has 0 fully saturated rings. The highest BCUT2D eigenvalue weighted by Gasteiger charge is 2.08. The monoisotopic (exact) mass is 286 g/mol. The number of nitrogens with one attached hydrogen (secondary N) is 2. The van der Waals surface area contributed by atoms with Gasteiger partial charge in [0.2, 0.25) is 5.91 Å². The summed E-state index contributed by atoms with van der Waals surface area (Å²) in [4.78, 5) is 24.4. The van der Waals surface area contributed by atoms with Crippen LogP contribution in [0.3, 0.4) is 0 Å². The second-order valence-electron chi connectivity index (χ2n) is 4.37. The minimum absolute atomic E-state index is 0.0370. The van der Waals surface area contributed by atoms with E-state index in [1.54, 1.807) is 11.4 Å². The molecule has 0 bridgehead atoms. The van der Waals surface area contributed by atoms with E-state index in [2.05, 4.69) is 23.3 Å². The molecule has 0 spiro atoms. The molecular formula is C12H18N2O2S2. The van der Waals surface area contributed by atoms with Crippen LogP contribution in [0.15, 0.2) is 16.3 Å². The van der Waals surface area contributed by atoms with E-state index in [0.717, 1.165) is 4.90 Å². The molecule has 0 aliphatic carbocycles. The highest BCUT2D eigenvalue weighted by atomic mass is 32.1. The summed E-state index contributed by atoms with van der Waals surface area (Å²) in [5, 5.41) is 7.31. The molecule has 0 unspecified atom stereocenters. The van der Waals surface area contributed by atoms with Crippen molar-refractivity contribution in [3.05, 3.63) is 16.3 Å². The minimum atomic E-state index is -0.156. The van der Waals surface area contributed by atoms with Crippen LogP contribution in [0.1, 0.15) is 29.9 Å². The molecule has 18 heavy (non-hydrogen) atoms. The molecule has 0 saturated carbocycles. The third-order valence-electron chi connectivity index (χ3n) is 2.15. The molecule has 2 N–H and O–H groups in total. The van der Waals surface area contributed by atoms with Gasteiger partial charge < -0.3 is 10.6 Å². The number of carbonyl (C=O) groups is 2. The predicted molar refractivity (Wildman–Crippen MR) is 76.4 cm³/mol. The highest BCUT2D eigenvalue weighted by Crippen LogP contribution is 2.17. The molecule has 0 saturated heterocycles. The van der Waals surface area contributed by atoms with Gasteiger partial charge in [0.05, 0.1) is 4.88 Å². The molecule has 0 aliphatic heterocycles. The number of amides is 2. The number of carbonyl (C=O) groups excluding carboxylic acids is 2. The Hall–Kier alpha value is -1.01. The van der Waals surface area contributed by atoms with Crippen molar-refractivity contribution in [2.45, 2.75) is 25.2 Å². The van der Waals surface area contributed by atoms with Gasteiger partial charge in [0.15, 0.2) is 0 Å². The summed E-state index contributed by atoms with van der Waals surface area (Å²) in [5.41, 5.74) is 0. The molecule has 0 aromatic carbocycles. The molecule has 6 heteroatoms. The predicted octanol–water partition coefficient (Wildman–Crippen LogP) is 1.93. The van der Waals surface area contributed by atoms with Gasteiger partial charge in [-0.25, -0.2) is 0 Å². The average molecular weight is 286 g/mol. The van der Waals surface area contributed by atoms with E-state index < -0.39 is 0 Å². The number of thiol groups is 1. The lowest BCUT2D eigenvalue weighted by molar-refractivity contribution is -0.121. The first-order chi connectivity index (χ1) is 8.49. The normalized spacial score (nSPS) is 10.4. The number of hydrogen-bond acceptors (Lipinski definition) is 4. The van der Waals surface area contributed by atoms with Crippen molar-refractivity contribution in [1.82, 2.24) is 10.6 Å². The molecule has 0 aliphatic rings. The maximum atomic E-state index is 11.6. The third-order valence-corrected chi connectivity index (χ3v) is 3.52. The van der Waals surface area contributed by atoms with Gasteiger partial charge in [-0.1, -0.05) is 13.8 Å². The second kappa shape index (κ2) is 7.43. The van der Waals surface area contributed by atoms with Gasteiger partial charge in [-0.2, -0.15) is 0 Å². The van der Waals surface area contributed by atoms with E-state index >= 15 is 0 Å². The fourth-order valence-corrected chi connectivity index (χ4v) is 2.29. The Kier molecular flexibility index (Phi) is 6.21. The van der Waals surface area contributed by atoms with Crippen molar-refractivity contribution in [1.29, 1.82) is 0 Å². The van der Waals surface area contributed by atoms with Gasteiger partial charge in [-0.05, 0) is 12.0 Å². The quantitative estimate of drug-likeness (QED) is 0.700. The van der Waals surface area contributed by atoms with Crippen LogP contribution in [-0.2, 0) is 4.79 Å². The summed E-state index contributed by atoms with van der Waals surface area (Å²) in [5.74, 6) is 0.241. The lowest BCUT2D eigenvalue weighted by atomic mass is 10.2. The Morgan fingerprint density at radius 1 is 1.39 bits per heavy atom. The molecule has 4 nitrogen and oxygen atoms in total. The molecule has 100 valence electrons. The topological polar surface area (TPSA) is 58.2 Å². The van der Waals surface area contributed by atoms with Crippen molar-refractivity contribution in [3.63, 3.8) is 0 Å². The van der Waals surface area contributed by atoms with Crippen LogP contribution in [0.5, 0.6) is 0 Å². The lowest BCUT2D eigenvalue weighted by Gasteiger charge is -2.07. The number of thiophene rings is 1. The standard InChI is InChI=1S/C12H18N2O2S2/c1-8(2)6-14-11(15)3-4-13-12(16)10-5-9(17)7-18-10/h5,7-8,17H,3-4,6H2,1-2H3,(H,13,16)(H,14,15). The smallest absolute Gasteiger partial charge is 0.261 e. The van der Waals surface area contributed by atoms with E-state index in [1.165, 1.54) is 11.3 Å². The molecule has 2 amide bonds. The zero-order chi connectivity index (χ0) is 13.5. The van der Waals surface area contributed by atoms with Crippen molar-refractivity contribution in [2.24, 2.45) is 5.92 Å². The van der Waals surface area contributed by atoms with Crippen LogP contribution in [0.25, 0.3) is 0 Å². The Labute approximate surface area is 117 Å². The largest absolute Gasteiger partial charge is 0.356 e. The second-order valence-corrected chi connectivity index (χ2v) is 5.80. The summed E-state index contributed by atoms with van der Waals surface area (Å²) >= 11 is 5.48. The van der Waals surface area contributed by atoms with Crippen LogP contribution < -0.4 is 10.6 Å². The van der Waals surface area contributed by atoms with Gasteiger partial charge >= 0.3 is 0 Å². The molecule has 1 aromatic rings. The Morgan fingerprint density at radius 3 is 2.67 bits per heavy atom. The van der Waals surface area contributed by atoms with Gasteiger partial charge in [-0.3, -0.25) is 9.59 Å². The van der Waals surface area contributed by atoms with Gasteiger partial charge in [0.25, 0.3) is 5.91 Å². The highest BCUT2D eigenvalue weighted by molar-refractivity contribution is 7.80. The summed E-state index contributed by atoms with van der Waals surface area (Å²) < 4.78 is 0. The maximum Gasteiger partial charge on any atom is 0.261 e. The van der Waals surface area contributed by atoms with Crippen LogP contribution in [0.4, 0.5) is 0 Å². The SMILES string of the molecule is CC(C)CNC(=O)CCNC(=O)c1cc(S)cs1. The van der Waals surface area contributed by atoms with Gasteiger partial charge in [0, 0.05) is 29.8 Å². The van der Waals surface area contributed by atoms with Crippen LogP contribution >= 0.6 is 24.0 Å². The summed E-state index contributed by atoms with van der Waals surface area (Å²) in [6, 6.07) is 1.71. The molecule has 0 radical (unpaired) electrons. The van der Waals surface area contributed by atoms with Gasteiger partial charge in [0.1, 0.15) is 0 Å². The van der Waals surface area contributed by atoms with E-state index in [1.807, 2.05) is 13.8 Å². The van der Waals surface area contributed by atoms with Crippen molar-refractivity contribution >= 4 is 35.8 Å². The zero-order valence-corrected chi connectivity index (χ0v) is 12.2. The van der Waals surface area contributed by atoms with Crippen LogP contribution in [0.2, 0.25) is 0 Å². The summed E-state index contributed by atoms with van der Waals surface area (Å²) in [6.45, 7) is 5.09. The van der Waals surface area contributed by atoms with Crippen molar-refractivity contribution in [2.75, 3.05) is 13.1 Å². The van der Waals surface area contributed by atoms with Crippen LogP contribution in [0, 0.1) is 5.92 Å². The first-order valence-electron chi connectivity index (χ1n) is 5.81. The molecule has 1 aromatic heterocycles. The molecule has 1 rings (SSSR count). The first kappa shape index (κ1) is 15.0. The minimum Gasteiger partial charge on any atom is -0.356 e. The van der Waals surface area contributed by atoms with Gasteiger partial charge in [-0.15, -0.1) is 24.0 Å². The van der Waals surface area contributed by atoms with Crippen molar-refractivity contribution in [3.8, 4) is 0 Å². The summed E-state index contributed by atoms with van der Waals surface area (Å²) in [7, 11) is 0. The molecule has 1 heterocycles. The fourth-order valence-electron chi connectivity index (χ4n) is 1.23.